The highest BCUT2D eigenvalue weighted by molar-refractivity contribution is 5.78. The number of nitrogens with one attached hydrogen (secondary N) is 1. The molecule has 0 radical (unpaired) electrons. The Kier molecular flexibility index (Phi) is 5.07. The van der Waals surface area contributed by atoms with Gasteiger partial charge in [-0.1, -0.05) is 0 Å². The molecule has 0 aliphatic carbocycles. The monoisotopic (exact) mass is 320 g/mol. The highest BCUT2D eigenvalue weighted by atomic mass is 16.5. The first-order valence-electron chi connectivity index (χ1n) is 8.35. The predicted octanol–water partition coefficient (Wildman–Crippen LogP) is -0.0835. The number of hydrogen-bond donors (Lipinski definition) is 1. The molecular formula is C16H24N4O3. The van der Waals surface area contributed by atoms with Crippen molar-refractivity contribution < 1.29 is 9.53 Å². The second-order valence-corrected chi connectivity index (χ2v) is 6.19. The fraction of sp³-hybridized carbons (Fsp3) is 0.688. The SMILES string of the molecule is CCn1nc2c(cc1=O)CN(CC(=O)NC1CCOCC1)CC2. The second kappa shape index (κ2) is 7.23. The number of carbonyl (C=O) groups excluding carboxylic acids is 1. The maximum absolute atomic E-state index is 12.2. The molecule has 0 unspecified atom stereocenters. The van der Waals surface area contributed by atoms with Crippen molar-refractivity contribution >= 4 is 5.91 Å². The van der Waals surface area contributed by atoms with Crippen molar-refractivity contribution in [3.63, 3.8) is 0 Å². The lowest BCUT2D eigenvalue weighted by molar-refractivity contribution is -0.123. The summed E-state index contributed by atoms with van der Waals surface area (Å²) >= 11 is 0. The van der Waals surface area contributed by atoms with Gasteiger partial charge < -0.3 is 10.1 Å². The smallest absolute Gasteiger partial charge is 0.267 e. The summed E-state index contributed by atoms with van der Waals surface area (Å²) in [5, 5.41) is 7.48. The van der Waals surface area contributed by atoms with Crippen LogP contribution in [0, 0.1) is 0 Å². The summed E-state index contributed by atoms with van der Waals surface area (Å²) < 4.78 is 6.79. The highest BCUT2D eigenvalue weighted by Crippen LogP contribution is 2.15. The minimum atomic E-state index is -0.0697. The van der Waals surface area contributed by atoms with E-state index in [0.29, 0.717) is 19.6 Å². The van der Waals surface area contributed by atoms with Crippen LogP contribution in [-0.2, 0) is 29.0 Å². The third-order valence-electron chi connectivity index (χ3n) is 4.48. The molecule has 1 amide bonds. The topological polar surface area (TPSA) is 76.5 Å². The maximum Gasteiger partial charge on any atom is 0.267 e. The summed E-state index contributed by atoms with van der Waals surface area (Å²) in [6, 6.07) is 1.89. The van der Waals surface area contributed by atoms with E-state index in [9.17, 15) is 9.59 Å². The van der Waals surface area contributed by atoms with Crippen molar-refractivity contribution in [2.75, 3.05) is 26.3 Å². The van der Waals surface area contributed by atoms with Crippen LogP contribution in [0.3, 0.4) is 0 Å². The Hall–Kier alpha value is -1.73. The molecule has 0 saturated carbocycles. The molecule has 0 bridgehead atoms. The number of hydrogen-bond acceptors (Lipinski definition) is 5. The molecule has 1 N–H and O–H groups in total. The van der Waals surface area contributed by atoms with E-state index in [2.05, 4.69) is 15.3 Å². The summed E-state index contributed by atoms with van der Waals surface area (Å²) in [6.07, 6.45) is 2.55. The number of ether oxygens (including phenoxy) is 1. The normalized spacial score (nSPS) is 19.3. The quantitative estimate of drug-likeness (QED) is 0.839. The summed E-state index contributed by atoms with van der Waals surface area (Å²) in [7, 11) is 0. The van der Waals surface area contributed by atoms with Gasteiger partial charge in [0, 0.05) is 51.4 Å². The zero-order valence-electron chi connectivity index (χ0n) is 13.6. The molecule has 1 fully saturated rings. The summed E-state index contributed by atoms with van der Waals surface area (Å²) in [5.74, 6) is 0.0511. The number of aromatic nitrogens is 2. The van der Waals surface area contributed by atoms with Crippen LogP contribution in [0.1, 0.15) is 31.0 Å². The number of carbonyl (C=O) groups is 1. The fourth-order valence-corrected chi connectivity index (χ4v) is 3.18. The second-order valence-electron chi connectivity index (χ2n) is 6.19. The zero-order chi connectivity index (χ0) is 16.2. The lowest BCUT2D eigenvalue weighted by Crippen LogP contribution is -2.45. The highest BCUT2D eigenvalue weighted by Gasteiger charge is 2.22. The minimum absolute atomic E-state index is 0.0511. The Morgan fingerprint density at radius 2 is 2.22 bits per heavy atom. The molecular weight excluding hydrogens is 296 g/mol. The summed E-state index contributed by atoms with van der Waals surface area (Å²) in [5.41, 5.74) is 1.86. The number of fused-ring (bicyclic) bond motifs is 1. The molecule has 0 aromatic carbocycles. The Labute approximate surface area is 135 Å². The Bertz CT molecular complexity index is 622. The molecule has 1 aromatic rings. The van der Waals surface area contributed by atoms with E-state index >= 15 is 0 Å². The van der Waals surface area contributed by atoms with Crippen LogP contribution in [0.2, 0.25) is 0 Å². The van der Waals surface area contributed by atoms with Gasteiger partial charge in [-0.05, 0) is 25.3 Å². The van der Waals surface area contributed by atoms with Crippen molar-refractivity contribution in [1.29, 1.82) is 0 Å². The molecule has 126 valence electrons. The van der Waals surface area contributed by atoms with Gasteiger partial charge in [0.25, 0.3) is 5.56 Å². The number of rotatable bonds is 4. The number of aryl methyl sites for hydroxylation is 1. The van der Waals surface area contributed by atoms with Crippen LogP contribution in [0.5, 0.6) is 0 Å². The first-order chi connectivity index (χ1) is 11.2. The number of nitrogens with zero attached hydrogens (tertiary/aromatic N) is 3. The van der Waals surface area contributed by atoms with Crippen LogP contribution in [0.15, 0.2) is 10.9 Å². The van der Waals surface area contributed by atoms with Crippen molar-refractivity contribution in [1.82, 2.24) is 20.0 Å². The largest absolute Gasteiger partial charge is 0.381 e. The van der Waals surface area contributed by atoms with Gasteiger partial charge in [-0.3, -0.25) is 14.5 Å². The molecule has 2 aliphatic heterocycles. The van der Waals surface area contributed by atoms with E-state index in [-0.39, 0.29) is 17.5 Å². The first kappa shape index (κ1) is 16.1. The molecule has 0 atom stereocenters. The molecule has 1 saturated heterocycles. The third kappa shape index (κ3) is 3.97. The van der Waals surface area contributed by atoms with Crippen molar-refractivity contribution in [2.24, 2.45) is 0 Å². The van der Waals surface area contributed by atoms with Crippen molar-refractivity contribution in [3.8, 4) is 0 Å². The average molecular weight is 320 g/mol. The van der Waals surface area contributed by atoms with Crippen molar-refractivity contribution in [2.45, 2.75) is 45.3 Å². The number of amides is 1. The van der Waals surface area contributed by atoms with Crippen LogP contribution in [0.25, 0.3) is 0 Å². The van der Waals surface area contributed by atoms with Gasteiger partial charge in [-0.2, -0.15) is 5.10 Å². The Morgan fingerprint density at radius 1 is 1.43 bits per heavy atom. The van der Waals surface area contributed by atoms with Gasteiger partial charge in [0.2, 0.25) is 5.91 Å². The molecule has 7 heteroatoms. The molecule has 23 heavy (non-hydrogen) atoms. The van der Waals surface area contributed by atoms with Crippen LogP contribution in [-0.4, -0.2) is 52.9 Å². The average Bonchev–Trinajstić information content (AvgIpc) is 2.55. The van der Waals surface area contributed by atoms with E-state index in [1.165, 1.54) is 4.68 Å². The van der Waals surface area contributed by atoms with Gasteiger partial charge in [-0.25, -0.2) is 4.68 Å². The third-order valence-corrected chi connectivity index (χ3v) is 4.48. The summed E-state index contributed by atoms with van der Waals surface area (Å²) in [6.45, 7) is 5.72. The molecule has 3 heterocycles. The molecule has 2 aliphatic rings. The lowest BCUT2D eigenvalue weighted by atomic mass is 10.1. The van der Waals surface area contributed by atoms with E-state index in [4.69, 9.17) is 4.74 Å². The molecule has 1 aromatic heterocycles. The van der Waals surface area contributed by atoms with Crippen LogP contribution < -0.4 is 10.9 Å². The molecule has 3 rings (SSSR count). The van der Waals surface area contributed by atoms with Crippen LogP contribution >= 0.6 is 0 Å². The van der Waals surface area contributed by atoms with E-state index in [1.807, 2.05) is 6.92 Å². The van der Waals surface area contributed by atoms with Crippen LogP contribution in [0.4, 0.5) is 0 Å². The van der Waals surface area contributed by atoms with E-state index < -0.39 is 0 Å². The van der Waals surface area contributed by atoms with Gasteiger partial charge in [-0.15, -0.1) is 0 Å². The standard InChI is InChI=1S/C16H24N4O3/c1-2-20-16(22)9-12-10-19(6-3-14(12)18-20)11-15(21)17-13-4-7-23-8-5-13/h9,13H,2-8,10-11H2,1H3,(H,17,21). The fourth-order valence-electron chi connectivity index (χ4n) is 3.18. The molecule has 0 spiro atoms. The maximum atomic E-state index is 12.2. The van der Waals surface area contributed by atoms with Gasteiger partial charge in [0.05, 0.1) is 12.2 Å². The lowest BCUT2D eigenvalue weighted by Gasteiger charge is -2.29. The Morgan fingerprint density at radius 3 is 2.96 bits per heavy atom. The van der Waals surface area contributed by atoms with Gasteiger partial charge >= 0.3 is 0 Å². The van der Waals surface area contributed by atoms with E-state index in [1.54, 1.807) is 6.07 Å². The molecule has 7 nitrogen and oxygen atoms in total. The van der Waals surface area contributed by atoms with E-state index in [0.717, 1.165) is 50.3 Å². The Balaban J connectivity index is 1.57. The van der Waals surface area contributed by atoms with Gasteiger partial charge in [0.15, 0.2) is 0 Å². The predicted molar refractivity (Wildman–Crippen MR) is 85.1 cm³/mol. The summed E-state index contributed by atoms with van der Waals surface area (Å²) in [4.78, 5) is 26.2. The minimum Gasteiger partial charge on any atom is -0.381 e. The van der Waals surface area contributed by atoms with Gasteiger partial charge in [0.1, 0.15) is 0 Å². The zero-order valence-corrected chi connectivity index (χ0v) is 13.6. The first-order valence-corrected chi connectivity index (χ1v) is 8.35. The van der Waals surface area contributed by atoms with Crippen molar-refractivity contribution in [3.05, 3.63) is 27.7 Å².